The van der Waals surface area contributed by atoms with E-state index in [1.807, 2.05) is 0 Å². The van der Waals surface area contributed by atoms with Crippen LogP contribution in [-0.4, -0.2) is 31.6 Å². The summed E-state index contributed by atoms with van der Waals surface area (Å²) >= 11 is 0. The van der Waals surface area contributed by atoms with Crippen LogP contribution in [-0.2, 0) is 14.3 Å². The van der Waals surface area contributed by atoms with Gasteiger partial charge < -0.3 is 15.8 Å². The number of nitrogens with one attached hydrogen (secondary N) is 1. The fraction of sp³-hybridized carbons (Fsp3) is 0.857. The van der Waals surface area contributed by atoms with Crippen LogP contribution in [0.2, 0.25) is 0 Å². The van der Waals surface area contributed by atoms with Crippen molar-refractivity contribution in [2.24, 2.45) is 11.7 Å². The second-order valence-electron chi connectivity index (χ2n) is 4.65. The van der Waals surface area contributed by atoms with Crippen molar-refractivity contribution in [1.29, 1.82) is 0 Å². The summed E-state index contributed by atoms with van der Waals surface area (Å²) < 4.78 is 4.81. The fourth-order valence-electron chi connectivity index (χ4n) is 1.91. The van der Waals surface area contributed by atoms with Gasteiger partial charge >= 0.3 is 5.97 Å². The minimum Gasteiger partial charge on any atom is -0.466 e. The van der Waals surface area contributed by atoms with Gasteiger partial charge in [-0.25, -0.2) is 0 Å². The zero-order valence-corrected chi connectivity index (χ0v) is 12.2. The van der Waals surface area contributed by atoms with E-state index in [0.717, 1.165) is 19.3 Å². The van der Waals surface area contributed by atoms with Gasteiger partial charge in [-0.1, -0.05) is 13.3 Å². The van der Waals surface area contributed by atoms with Crippen molar-refractivity contribution >= 4 is 11.9 Å². The minimum atomic E-state index is -0.203. The van der Waals surface area contributed by atoms with Crippen molar-refractivity contribution in [3.05, 3.63) is 0 Å². The molecule has 0 aromatic heterocycles. The average Bonchev–Trinajstić information content (AvgIpc) is 2.40. The number of amides is 1. The van der Waals surface area contributed by atoms with Crippen LogP contribution in [0.4, 0.5) is 0 Å². The van der Waals surface area contributed by atoms with Crippen molar-refractivity contribution < 1.29 is 14.3 Å². The van der Waals surface area contributed by atoms with Crippen LogP contribution in [0.1, 0.15) is 52.4 Å². The molecule has 3 N–H and O–H groups in total. The van der Waals surface area contributed by atoms with E-state index < -0.39 is 0 Å². The normalized spacial score (nSPS) is 11.9. The molecule has 0 aliphatic carbocycles. The van der Waals surface area contributed by atoms with E-state index in [0.29, 0.717) is 44.9 Å². The Kier molecular flexibility index (Phi) is 11.3. The molecule has 5 nitrogen and oxygen atoms in total. The van der Waals surface area contributed by atoms with Gasteiger partial charge in [-0.3, -0.25) is 9.59 Å². The van der Waals surface area contributed by atoms with Crippen molar-refractivity contribution in [3.63, 3.8) is 0 Å². The zero-order chi connectivity index (χ0) is 14.5. The maximum atomic E-state index is 11.6. The highest BCUT2D eigenvalue weighted by atomic mass is 16.5. The molecular formula is C14H28N2O3. The lowest BCUT2D eigenvalue weighted by molar-refractivity contribution is -0.143. The predicted octanol–water partition coefficient (Wildman–Crippen LogP) is 1.60. The van der Waals surface area contributed by atoms with Crippen molar-refractivity contribution in [2.45, 2.75) is 52.4 Å². The SMILES string of the molecule is CCOC(=O)CCCNC(=O)CCC(CC)CCN. The van der Waals surface area contributed by atoms with E-state index in [-0.39, 0.29) is 11.9 Å². The quantitative estimate of drug-likeness (QED) is 0.442. The van der Waals surface area contributed by atoms with Gasteiger partial charge in [0.15, 0.2) is 0 Å². The Balaban J connectivity index is 3.56. The maximum absolute atomic E-state index is 11.6. The Labute approximate surface area is 116 Å². The Morgan fingerprint density at radius 1 is 1.21 bits per heavy atom. The van der Waals surface area contributed by atoms with Crippen LogP contribution in [0.3, 0.4) is 0 Å². The topological polar surface area (TPSA) is 81.4 Å². The lowest BCUT2D eigenvalue weighted by Gasteiger charge is -2.13. The average molecular weight is 272 g/mol. The van der Waals surface area contributed by atoms with E-state index in [2.05, 4.69) is 12.2 Å². The molecule has 112 valence electrons. The molecule has 0 saturated heterocycles. The van der Waals surface area contributed by atoms with Gasteiger partial charge in [0.1, 0.15) is 0 Å². The van der Waals surface area contributed by atoms with E-state index in [4.69, 9.17) is 10.5 Å². The van der Waals surface area contributed by atoms with E-state index in [9.17, 15) is 9.59 Å². The summed E-state index contributed by atoms with van der Waals surface area (Å²) in [5.74, 6) is 0.389. The maximum Gasteiger partial charge on any atom is 0.305 e. The van der Waals surface area contributed by atoms with Gasteiger partial charge in [0.05, 0.1) is 6.61 Å². The van der Waals surface area contributed by atoms with E-state index in [1.165, 1.54) is 0 Å². The van der Waals surface area contributed by atoms with Gasteiger partial charge in [-0.05, 0) is 38.6 Å². The van der Waals surface area contributed by atoms with Crippen molar-refractivity contribution in [2.75, 3.05) is 19.7 Å². The predicted molar refractivity (Wildman–Crippen MR) is 75.6 cm³/mol. The molecule has 0 aliphatic heterocycles. The number of nitrogens with two attached hydrogens (primary N) is 1. The number of ether oxygens (including phenoxy) is 1. The first-order valence-electron chi connectivity index (χ1n) is 7.26. The van der Waals surface area contributed by atoms with Crippen LogP contribution in [0, 0.1) is 5.92 Å². The molecule has 5 heteroatoms. The van der Waals surface area contributed by atoms with Gasteiger partial charge in [0, 0.05) is 19.4 Å². The molecular weight excluding hydrogens is 244 g/mol. The number of rotatable bonds is 11. The summed E-state index contributed by atoms with van der Waals surface area (Å²) in [5, 5.41) is 2.82. The van der Waals surface area contributed by atoms with Gasteiger partial charge in [0.2, 0.25) is 5.91 Å². The lowest BCUT2D eigenvalue weighted by Crippen LogP contribution is -2.25. The molecule has 0 heterocycles. The summed E-state index contributed by atoms with van der Waals surface area (Å²) in [4.78, 5) is 22.6. The molecule has 0 rings (SSSR count). The summed E-state index contributed by atoms with van der Waals surface area (Å²) in [5.41, 5.74) is 5.52. The second-order valence-corrected chi connectivity index (χ2v) is 4.65. The van der Waals surface area contributed by atoms with Gasteiger partial charge in [-0.2, -0.15) is 0 Å². The van der Waals surface area contributed by atoms with E-state index >= 15 is 0 Å². The van der Waals surface area contributed by atoms with E-state index in [1.54, 1.807) is 6.92 Å². The van der Waals surface area contributed by atoms with Crippen molar-refractivity contribution in [3.8, 4) is 0 Å². The number of carbonyl (C=O) groups is 2. The van der Waals surface area contributed by atoms with Gasteiger partial charge in [0.25, 0.3) is 0 Å². The summed E-state index contributed by atoms with van der Waals surface area (Å²) in [7, 11) is 0. The number of carbonyl (C=O) groups excluding carboxylic acids is 2. The van der Waals surface area contributed by atoms with Crippen LogP contribution in [0.15, 0.2) is 0 Å². The molecule has 1 amide bonds. The highest BCUT2D eigenvalue weighted by Gasteiger charge is 2.09. The fourth-order valence-corrected chi connectivity index (χ4v) is 1.91. The largest absolute Gasteiger partial charge is 0.466 e. The number of hydrogen-bond donors (Lipinski definition) is 2. The zero-order valence-electron chi connectivity index (χ0n) is 12.2. The Hall–Kier alpha value is -1.10. The molecule has 0 fully saturated rings. The molecule has 1 unspecified atom stereocenters. The van der Waals surface area contributed by atoms with Crippen LogP contribution >= 0.6 is 0 Å². The van der Waals surface area contributed by atoms with Crippen LogP contribution in [0.5, 0.6) is 0 Å². The molecule has 0 spiro atoms. The standard InChI is InChI=1S/C14H28N2O3/c1-3-12(9-10-15)7-8-13(17)16-11-5-6-14(18)19-4-2/h12H,3-11,15H2,1-2H3,(H,16,17). The summed E-state index contributed by atoms with van der Waals surface area (Å²) in [6.07, 6.45) is 4.46. The molecule has 0 aromatic rings. The third kappa shape index (κ3) is 10.5. The molecule has 0 aliphatic rings. The molecule has 1 atom stereocenters. The number of hydrogen-bond acceptors (Lipinski definition) is 4. The van der Waals surface area contributed by atoms with Crippen LogP contribution in [0.25, 0.3) is 0 Å². The Morgan fingerprint density at radius 3 is 2.53 bits per heavy atom. The first kappa shape index (κ1) is 17.9. The minimum absolute atomic E-state index is 0.0549. The monoisotopic (exact) mass is 272 g/mol. The second kappa shape index (κ2) is 12.0. The van der Waals surface area contributed by atoms with Crippen molar-refractivity contribution in [1.82, 2.24) is 5.32 Å². The molecule has 0 radical (unpaired) electrons. The third-order valence-electron chi connectivity index (χ3n) is 3.12. The van der Waals surface area contributed by atoms with Gasteiger partial charge in [-0.15, -0.1) is 0 Å². The number of esters is 1. The smallest absolute Gasteiger partial charge is 0.305 e. The lowest BCUT2D eigenvalue weighted by atomic mass is 9.96. The Bertz CT molecular complexity index is 257. The molecule has 0 saturated carbocycles. The first-order chi connectivity index (χ1) is 9.13. The third-order valence-corrected chi connectivity index (χ3v) is 3.12. The first-order valence-corrected chi connectivity index (χ1v) is 7.26. The molecule has 0 bridgehead atoms. The highest BCUT2D eigenvalue weighted by molar-refractivity contribution is 5.76. The highest BCUT2D eigenvalue weighted by Crippen LogP contribution is 2.14. The van der Waals surface area contributed by atoms with Crippen LogP contribution < -0.4 is 11.1 Å². The Morgan fingerprint density at radius 2 is 1.95 bits per heavy atom. The molecule has 19 heavy (non-hydrogen) atoms. The molecule has 0 aromatic carbocycles. The summed E-state index contributed by atoms with van der Waals surface area (Å²) in [6, 6.07) is 0. The summed E-state index contributed by atoms with van der Waals surface area (Å²) in [6.45, 7) is 5.53.